The molecule has 6 nitrogen and oxygen atoms in total. The standard InChI is InChI=1S/C27H36F4N4O2/c1-34-18-24(17-32-34)37-19-23(36)16-20-4-9-26(28,10-5-20)12-15-35-13-7-21-2-3-22(6-11-27(29,30)31)33-25(21)8-14-35/h2-3,17-18,20H,4-16,19H2,1H3. The fourth-order valence-corrected chi connectivity index (χ4v) is 5.33. The minimum atomic E-state index is -4.18. The Bertz CT molecular complexity index is 1050. The number of alkyl halides is 4. The summed E-state index contributed by atoms with van der Waals surface area (Å²) in [6, 6.07) is 3.60. The first-order valence-corrected chi connectivity index (χ1v) is 13.2. The molecule has 0 radical (unpaired) electrons. The van der Waals surface area contributed by atoms with E-state index in [1.165, 1.54) is 0 Å². The Labute approximate surface area is 215 Å². The molecule has 1 fully saturated rings. The van der Waals surface area contributed by atoms with Gasteiger partial charge in [-0.1, -0.05) is 6.07 Å². The van der Waals surface area contributed by atoms with Crippen LogP contribution in [0, 0.1) is 5.92 Å². The molecule has 10 heteroatoms. The Balaban J connectivity index is 1.17. The molecule has 0 bridgehead atoms. The van der Waals surface area contributed by atoms with Crippen molar-refractivity contribution < 1.29 is 27.1 Å². The normalized spacial score (nSPS) is 22.9. The summed E-state index contributed by atoms with van der Waals surface area (Å²) in [5.41, 5.74) is 1.21. The van der Waals surface area contributed by atoms with Crippen molar-refractivity contribution >= 4 is 5.78 Å². The second-order valence-electron chi connectivity index (χ2n) is 10.6. The molecule has 1 aliphatic heterocycles. The van der Waals surface area contributed by atoms with E-state index in [2.05, 4.69) is 15.0 Å². The van der Waals surface area contributed by atoms with E-state index in [1.807, 2.05) is 6.07 Å². The van der Waals surface area contributed by atoms with Gasteiger partial charge in [0.1, 0.15) is 12.3 Å². The van der Waals surface area contributed by atoms with Gasteiger partial charge < -0.3 is 9.64 Å². The van der Waals surface area contributed by atoms with Crippen LogP contribution in [-0.2, 0) is 31.1 Å². The molecule has 204 valence electrons. The minimum Gasteiger partial charge on any atom is -0.483 e. The SMILES string of the molecule is Cn1cc(OCC(=O)CC2CCC(F)(CCN3CCc4ccc(CCC(F)(F)F)nc4CC3)CC2)cn1. The van der Waals surface area contributed by atoms with Gasteiger partial charge in [-0.25, -0.2) is 4.39 Å². The number of fused-ring (bicyclic) bond motifs is 1. The Morgan fingerprint density at radius 3 is 2.65 bits per heavy atom. The summed E-state index contributed by atoms with van der Waals surface area (Å²) in [4.78, 5) is 19.0. The van der Waals surface area contributed by atoms with E-state index in [-0.39, 0.29) is 24.7 Å². The molecule has 1 aliphatic carbocycles. The van der Waals surface area contributed by atoms with Crippen molar-refractivity contribution in [1.82, 2.24) is 19.7 Å². The highest BCUT2D eigenvalue weighted by Gasteiger charge is 2.36. The Hall–Kier alpha value is -2.49. The average Bonchev–Trinajstić information content (AvgIpc) is 3.16. The van der Waals surface area contributed by atoms with Crippen LogP contribution < -0.4 is 4.74 Å². The van der Waals surface area contributed by atoms with E-state index >= 15 is 4.39 Å². The number of aryl methyl sites for hydroxylation is 2. The molecule has 2 aromatic heterocycles. The summed E-state index contributed by atoms with van der Waals surface area (Å²) in [7, 11) is 1.78. The van der Waals surface area contributed by atoms with Crippen LogP contribution in [-0.4, -0.2) is 63.5 Å². The van der Waals surface area contributed by atoms with Crippen LogP contribution in [0.5, 0.6) is 5.75 Å². The molecule has 3 heterocycles. The molecular weight excluding hydrogens is 488 g/mol. The number of aromatic nitrogens is 3. The third kappa shape index (κ3) is 8.51. The lowest BCUT2D eigenvalue weighted by Crippen LogP contribution is -2.36. The maximum absolute atomic E-state index is 15.6. The number of hydrogen-bond acceptors (Lipinski definition) is 5. The van der Waals surface area contributed by atoms with Crippen LogP contribution in [0.15, 0.2) is 24.5 Å². The zero-order chi connectivity index (χ0) is 26.5. The maximum atomic E-state index is 15.6. The number of Topliss-reactive ketones (excluding diaryl/α,β-unsaturated/α-hetero) is 1. The Morgan fingerprint density at radius 2 is 1.95 bits per heavy atom. The van der Waals surface area contributed by atoms with Crippen molar-refractivity contribution in [2.75, 3.05) is 26.2 Å². The predicted molar refractivity (Wildman–Crippen MR) is 131 cm³/mol. The maximum Gasteiger partial charge on any atom is 0.389 e. The van der Waals surface area contributed by atoms with Crippen molar-refractivity contribution in [2.45, 2.75) is 76.1 Å². The molecule has 37 heavy (non-hydrogen) atoms. The van der Waals surface area contributed by atoms with Crippen molar-refractivity contribution in [3.8, 4) is 5.75 Å². The van der Waals surface area contributed by atoms with Crippen molar-refractivity contribution in [3.05, 3.63) is 41.5 Å². The van der Waals surface area contributed by atoms with E-state index < -0.39 is 18.3 Å². The molecule has 4 rings (SSSR count). The lowest BCUT2D eigenvalue weighted by Gasteiger charge is -2.35. The molecular formula is C27H36F4N4O2. The summed E-state index contributed by atoms with van der Waals surface area (Å²) in [6.45, 7) is 2.18. The van der Waals surface area contributed by atoms with Crippen molar-refractivity contribution in [3.63, 3.8) is 0 Å². The molecule has 0 unspecified atom stereocenters. The van der Waals surface area contributed by atoms with Crippen LogP contribution >= 0.6 is 0 Å². The van der Waals surface area contributed by atoms with Gasteiger partial charge in [0.15, 0.2) is 11.5 Å². The first-order chi connectivity index (χ1) is 17.6. The van der Waals surface area contributed by atoms with Crippen LogP contribution in [0.3, 0.4) is 0 Å². The van der Waals surface area contributed by atoms with E-state index in [1.54, 1.807) is 30.2 Å². The van der Waals surface area contributed by atoms with Crippen LogP contribution in [0.4, 0.5) is 17.6 Å². The van der Waals surface area contributed by atoms with E-state index in [0.717, 1.165) is 30.8 Å². The zero-order valence-corrected chi connectivity index (χ0v) is 21.4. The molecule has 0 atom stereocenters. The number of ether oxygens (including phenoxy) is 1. The van der Waals surface area contributed by atoms with Gasteiger partial charge >= 0.3 is 6.18 Å². The van der Waals surface area contributed by atoms with Gasteiger partial charge in [-0.3, -0.25) is 14.5 Å². The lowest BCUT2D eigenvalue weighted by atomic mass is 9.76. The van der Waals surface area contributed by atoms with Gasteiger partial charge in [0.05, 0.1) is 12.4 Å². The van der Waals surface area contributed by atoms with Crippen LogP contribution in [0.25, 0.3) is 0 Å². The number of nitrogens with zero attached hydrogens (tertiary/aromatic N) is 4. The van der Waals surface area contributed by atoms with Crippen LogP contribution in [0.1, 0.15) is 61.9 Å². The van der Waals surface area contributed by atoms with Gasteiger partial charge in [-0.2, -0.15) is 18.3 Å². The van der Waals surface area contributed by atoms with Crippen LogP contribution in [0.2, 0.25) is 0 Å². The summed E-state index contributed by atoms with van der Waals surface area (Å²) < 4.78 is 60.3. The number of halogens is 4. The largest absolute Gasteiger partial charge is 0.483 e. The molecule has 2 aliphatic rings. The van der Waals surface area contributed by atoms with E-state index in [4.69, 9.17) is 4.74 Å². The van der Waals surface area contributed by atoms with Gasteiger partial charge in [0.2, 0.25) is 0 Å². The highest BCUT2D eigenvalue weighted by molar-refractivity contribution is 5.80. The molecule has 0 amide bonds. The third-order valence-electron chi connectivity index (χ3n) is 7.63. The van der Waals surface area contributed by atoms with Gasteiger partial charge in [0.25, 0.3) is 0 Å². The summed E-state index contributed by atoms with van der Waals surface area (Å²) in [6.07, 6.45) is 2.77. The van der Waals surface area contributed by atoms with E-state index in [0.29, 0.717) is 62.9 Å². The number of pyridine rings is 1. The Morgan fingerprint density at radius 1 is 1.19 bits per heavy atom. The summed E-state index contributed by atoms with van der Waals surface area (Å²) >= 11 is 0. The number of hydrogen-bond donors (Lipinski definition) is 0. The van der Waals surface area contributed by atoms with E-state index in [9.17, 15) is 18.0 Å². The molecule has 0 N–H and O–H groups in total. The quantitative estimate of drug-likeness (QED) is 0.408. The molecule has 0 aromatic carbocycles. The van der Waals surface area contributed by atoms with Crippen molar-refractivity contribution in [1.29, 1.82) is 0 Å². The monoisotopic (exact) mass is 524 g/mol. The predicted octanol–water partition coefficient (Wildman–Crippen LogP) is 5.04. The highest BCUT2D eigenvalue weighted by atomic mass is 19.4. The zero-order valence-electron chi connectivity index (χ0n) is 21.4. The fourth-order valence-electron chi connectivity index (χ4n) is 5.33. The molecule has 0 saturated heterocycles. The Kier molecular flexibility index (Phi) is 8.87. The number of carbonyl (C=O) groups is 1. The highest BCUT2D eigenvalue weighted by Crippen LogP contribution is 2.39. The third-order valence-corrected chi connectivity index (χ3v) is 7.63. The number of rotatable bonds is 10. The summed E-state index contributed by atoms with van der Waals surface area (Å²) in [5.74, 6) is 0.787. The molecule has 2 aromatic rings. The second-order valence-corrected chi connectivity index (χ2v) is 10.6. The minimum absolute atomic E-state index is 0.0129. The van der Waals surface area contributed by atoms with Crippen molar-refractivity contribution in [2.24, 2.45) is 13.0 Å². The second kappa shape index (κ2) is 11.9. The van der Waals surface area contributed by atoms with Gasteiger partial charge in [-0.05, 0) is 62.5 Å². The topological polar surface area (TPSA) is 60.2 Å². The number of ketones is 1. The van der Waals surface area contributed by atoms with Gasteiger partial charge in [0, 0.05) is 57.3 Å². The van der Waals surface area contributed by atoms with Gasteiger partial charge in [-0.15, -0.1) is 0 Å². The first kappa shape index (κ1) is 27.5. The molecule has 0 spiro atoms. The smallest absolute Gasteiger partial charge is 0.389 e. The lowest BCUT2D eigenvalue weighted by molar-refractivity contribution is -0.134. The fraction of sp³-hybridized carbons (Fsp3) is 0.667. The summed E-state index contributed by atoms with van der Waals surface area (Å²) in [5, 5.41) is 4.01. The average molecular weight is 525 g/mol. The number of carbonyl (C=O) groups excluding carboxylic acids is 1. The first-order valence-electron chi connectivity index (χ1n) is 13.2. The molecule has 1 saturated carbocycles.